The molecule has 0 heterocycles. The van der Waals surface area contributed by atoms with E-state index in [1.165, 1.54) is 6.42 Å². The molecule has 1 fully saturated rings. The van der Waals surface area contributed by atoms with Gasteiger partial charge in [0.05, 0.1) is 13.2 Å². The summed E-state index contributed by atoms with van der Waals surface area (Å²) in [4.78, 5) is 13.8. The molecule has 0 saturated heterocycles. The van der Waals surface area contributed by atoms with E-state index in [2.05, 4.69) is 15.9 Å². The minimum absolute atomic E-state index is 0.0975. The molecule has 0 aromatic carbocycles. The van der Waals surface area contributed by atoms with Crippen molar-refractivity contribution >= 4 is 21.8 Å². The Labute approximate surface area is 105 Å². The van der Waals surface area contributed by atoms with Gasteiger partial charge in [-0.1, -0.05) is 15.9 Å². The topological polar surface area (TPSA) is 38.8 Å². The van der Waals surface area contributed by atoms with Crippen molar-refractivity contribution in [2.24, 2.45) is 0 Å². The van der Waals surface area contributed by atoms with E-state index in [1.54, 1.807) is 7.11 Å². The summed E-state index contributed by atoms with van der Waals surface area (Å²) in [5, 5.41) is 0.827. The van der Waals surface area contributed by atoms with Crippen LogP contribution in [0.15, 0.2) is 0 Å². The second-order valence-corrected chi connectivity index (χ2v) is 4.70. The van der Waals surface area contributed by atoms with Crippen molar-refractivity contribution in [2.45, 2.75) is 25.3 Å². The van der Waals surface area contributed by atoms with Crippen LogP contribution in [-0.4, -0.2) is 55.7 Å². The van der Waals surface area contributed by atoms with Crippen LogP contribution in [0, 0.1) is 0 Å². The van der Waals surface area contributed by atoms with Gasteiger partial charge in [0.15, 0.2) is 0 Å². The van der Waals surface area contributed by atoms with E-state index in [0.29, 0.717) is 19.3 Å². The highest BCUT2D eigenvalue weighted by molar-refractivity contribution is 9.09. The highest BCUT2D eigenvalue weighted by Gasteiger charge is 2.27. The fraction of sp³-hybridized carbons (Fsp3) is 0.909. The normalized spacial score (nSPS) is 15.9. The fourth-order valence-corrected chi connectivity index (χ4v) is 2.07. The molecule has 5 heteroatoms. The Morgan fingerprint density at radius 1 is 1.44 bits per heavy atom. The Morgan fingerprint density at radius 2 is 2.19 bits per heavy atom. The minimum Gasteiger partial charge on any atom is -0.382 e. The molecule has 1 rings (SSSR count). The molecule has 0 radical (unpaired) electrons. The number of carbonyl (C=O) groups is 1. The molecule has 1 aliphatic carbocycles. The molecule has 0 bridgehead atoms. The van der Waals surface area contributed by atoms with Gasteiger partial charge in [-0.15, -0.1) is 0 Å². The van der Waals surface area contributed by atoms with E-state index in [0.717, 1.165) is 24.7 Å². The summed E-state index contributed by atoms with van der Waals surface area (Å²) in [6.45, 7) is 1.97. The van der Waals surface area contributed by atoms with Gasteiger partial charge >= 0.3 is 0 Å². The number of hydrogen-bond acceptors (Lipinski definition) is 3. The van der Waals surface area contributed by atoms with Gasteiger partial charge < -0.3 is 14.4 Å². The summed E-state index contributed by atoms with van der Waals surface area (Å²) >= 11 is 3.38. The summed E-state index contributed by atoms with van der Waals surface area (Å²) in [5.74, 6) is 0.0975. The number of nitrogens with zero attached hydrogens (tertiary/aromatic N) is 1. The smallest absolute Gasteiger partial charge is 0.248 e. The van der Waals surface area contributed by atoms with Crippen molar-refractivity contribution in [1.29, 1.82) is 0 Å². The van der Waals surface area contributed by atoms with Crippen LogP contribution in [0.5, 0.6) is 0 Å². The molecule has 16 heavy (non-hydrogen) atoms. The highest BCUT2D eigenvalue weighted by Crippen LogP contribution is 2.24. The van der Waals surface area contributed by atoms with Crippen LogP contribution >= 0.6 is 15.9 Å². The maximum Gasteiger partial charge on any atom is 0.248 e. The van der Waals surface area contributed by atoms with Gasteiger partial charge in [0.2, 0.25) is 5.91 Å². The molecule has 1 saturated carbocycles. The highest BCUT2D eigenvalue weighted by atomic mass is 79.9. The van der Waals surface area contributed by atoms with Gasteiger partial charge in [0.1, 0.15) is 6.61 Å². The van der Waals surface area contributed by atoms with Gasteiger partial charge in [0.25, 0.3) is 0 Å². The standard InChI is InChI=1S/C11H20BrNO3/c1-15-7-8-16-9-11(14)13(6-5-12)10-3-2-4-10/h10H,2-9H2,1H3. The molecule has 0 atom stereocenters. The zero-order valence-electron chi connectivity index (χ0n) is 9.78. The van der Waals surface area contributed by atoms with E-state index in [1.807, 2.05) is 4.90 Å². The van der Waals surface area contributed by atoms with Crippen molar-refractivity contribution in [3.8, 4) is 0 Å². The number of carbonyl (C=O) groups excluding carboxylic acids is 1. The Bertz CT molecular complexity index is 209. The van der Waals surface area contributed by atoms with Crippen molar-refractivity contribution in [2.75, 3.05) is 38.8 Å². The molecular weight excluding hydrogens is 274 g/mol. The minimum atomic E-state index is 0.0975. The molecule has 0 aromatic heterocycles. The number of halogens is 1. The molecule has 1 aliphatic rings. The summed E-state index contributed by atoms with van der Waals surface area (Å²) in [6.07, 6.45) is 3.51. The number of amides is 1. The van der Waals surface area contributed by atoms with Crippen molar-refractivity contribution in [3.63, 3.8) is 0 Å². The Morgan fingerprint density at radius 3 is 2.69 bits per heavy atom. The first-order chi connectivity index (χ1) is 7.79. The fourth-order valence-electron chi connectivity index (χ4n) is 1.68. The van der Waals surface area contributed by atoms with Crippen LogP contribution in [0.1, 0.15) is 19.3 Å². The molecule has 0 aliphatic heterocycles. The number of ether oxygens (including phenoxy) is 2. The van der Waals surface area contributed by atoms with E-state index in [4.69, 9.17) is 9.47 Å². The summed E-state index contributed by atoms with van der Waals surface area (Å²) in [6, 6.07) is 0.441. The van der Waals surface area contributed by atoms with Crippen LogP contribution in [-0.2, 0) is 14.3 Å². The first kappa shape index (κ1) is 13.9. The third-order valence-corrected chi connectivity index (χ3v) is 3.17. The molecule has 1 amide bonds. The van der Waals surface area contributed by atoms with Gasteiger partial charge in [-0.25, -0.2) is 0 Å². The molecule has 0 unspecified atom stereocenters. The first-order valence-electron chi connectivity index (χ1n) is 5.71. The molecular formula is C11H20BrNO3. The van der Waals surface area contributed by atoms with Crippen LogP contribution < -0.4 is 0 Å². The number of alkyl halides is 1. The third kappa shape index (κ3) is 4.39. The van der Waals surface area contributed by atoms with E-state index >= 15 is 0 Å². The lowest BCUT2D eigenvalue weighted by Crippen LogP contribution is -2.46. The molecule has 0 spiro atoms. The Balaban J connectivity index is 2.23. The van der Waals surface area contributed by atoms with E-state index in [9.17, 15) is 4.79 Å². The summed E-state index contributed by atoms with van der Waals surface area (Å²) in [7, 11) is 1.62. The quantitative estimate of drug-likeness (QED) is 0.502. The Hall–Kier alpha value is -0.130. The maximum atomic E-state index is 11.9. The van der Waals surface area contributed by atoms with Crippen molar-refractivity contribution in [1.82, 2.24) is 4.90 Å². The average molecular weight is 294 g/mol. The summed E-state index contributed by atoms with van der Waals surface area (Å²) in [5.41, 5.74) is 0. The lowest BCUT2D eigenvalue weighted by Gasteiger charge is -2.37. The number of rotatable bonds is 8. The van der Waals surface area contributed by atoms with Gasteiger partial charge in [-0.05, 0) is 19.3 Å². The lowest BCUT2D eigenvalue weighted by molar-refractivity contribution is -0.140. The van der Waals surface area contributed by atoms with Crippen LogP contribution in [0.25, 0.3) is 0 Å². The third-order valence-electron chi connectivity index (χ3n) is 2.82. The predicted molar refractivity (Wildman–Crippen MR) is 65.8 cm³/mol. The molecule has 4 nitrogen and oxygen atoms in total. The van der Waals surface area contributed by atoms with Crippen LogP contribution in [0.2, 0.25) is 0 Å². The van der Waals surface area contributed by atoms with Gasteiger partial charge in [0, 0.05) is 25.0 Å². The van der Waals surface area contributed by atoms with Crippen LogP contribution in [0.4, 0.5) is 0 Å². The Kier molecular flexibility index (Phi) is 7.00. The van der Waals surface area contributed by atoms with Crippen LogP contribution in [0.3, 0.4) is 0 Å². The number of hydrogen-bond donors (Lipinski definition) is 0. The maximum absolute atomic E-state index is 11.9. The predicted octanol–water partition coefficient (Wildman–Crippen LogP) is 1.43. The summed E-state index contributed by atoms with van der Waals surface area (Å²) < 4.78 is 10.1. The second-order valence-electron chi connectivity index (χ2n) is 3.91. The van der Waals surface area contributed by atoms with Gasteiger partial charge in [-0.2, -0.15) is 0 Å². The first-order valence-corrected chi connectivity index (χ1v) is 6.84. The molecule has 0 N–H and O–H groups in total. The molecule has 0 aromatic rings. The van der Waals surface area contributed by atoms with Gasteiger partial charge in [-0.3, -0.25) is 4.79 Å². The SMILES string of the molecule is COCCOCC(=O)N(CCBr)C1CCC1. The zero-order chi connectivity index (χ0) is 11.8. The van der Waals surface area contributed by atoms with E-state index < -0.39 is 0 Å². The zero-order valence-corrected chi connectivity index (χ0v) is 11.4. The monoisotopic (exact) mass is 293 g/mol. The second kappa shape index (κ2) is 8.03. The van der Waals surface area contributed by atoms with Crippen molar-refractivity contribution < 1.29 is 14.3 Å². The number of methoxy groups -OCH3 is 1. The molecule has 94 valence electrons. The largest absolute Gasteiger partial charge is 0.382 e. The average Bonchev–Trinajstić information content (AvgIpc) is 2.21. The van der Waals surface area contributed by atoms with Crippen molar-refractivity contribution in [3.05, 3.63) is 0 Å². The lowest BCUT2D eigenvalue weighted by atomic mass is 9.91. The van der Waals surface area contributed by atoms with E-state index in [-0.39, 0.29) is 12.5 Å².